The van der Waals surface area contributed by atoms with Crippen molar-refractivity contribution in [3.05, 3.63) is 71.3 Å². The summed E-state index contributed by atoms with van der Waals surface area (Å²) in [5, 5.41) is 6.62. The lowest BCUT2D eigenvalue weighted by molar-refractivity contribution is 0.0664. The van der Waals surface area contributed by atoms with E-state index < -0.39 is 0 Å². The van der Waals surface area contributed by atoms with E-state index in [4.69, 9.17) is 11.4 Å². The van der Waals surface area contributed by atoms with Crippen LogP contribution < -0.4 is 10.2 Å². The lowest BCUT2D eigenvalue weighted by Crippen LogP contribution is -2.47. The Balaban J connectivity index is 1.30. The number of amides is 1. The van der Waals surface area contributed by atoms with Crippen molar-refractivity contribution in [1.29, 1.82) is 0 Å². The molecule has 0 aliphatic carbocycles. The fourth-order valence-electron chi connectivity index (χ4n) is 4.64. The molecule has 2 heterocycles. The zero-order valence-electron chi connectivity index (χ0n) is 21.7. The van der Waals surface area contributed by atoms with Crippen LogP contribution in [-0.2, 0) is 6.42 Å². The van der Waals surface area contributed by atoms with E-state index in [1.54, 1.807) is 0 Å². The number of anilines is 2. The molecular weight excluding hydrogens is 460 g/mol. The number of likely N-dealkylation sites (N-methyl/N-ethyl adjacent to an activating group) is 1. The summed E-state index contributed by atoms with van der Waals surface area (Å²) in [4.78, 5) is 28.4. The van der Waals surface area contributed by atoms with Gasteiger partial charge in [-0.1, -0.05) is 30.2 Å². The monoisotopic (exact) mass is 492 g/mol. The molecule has 1 amide bonds. The first-order chi connectivity index (χ1) is 17.9. The lowest BCUT2D eigenvalue weighted by Gasteiger charge is -2.32. The maximum absolute atomic E-state index is 13.0. The minimum Gasteiger partial charge on any atom is -0.369 e. The summed E-state index contributed by atoms with van der Waals surface area (Å²) in [6.45, 7) is 4.11. The van der Waals surface area contributed by atoms with Crippen LogP contribution in [0.1, 0.15) is 21.5 Å². The average Bonchev–Trinajstić information content (AvgIpc) is 2.92. The van der Waals surface area contributed by atoms with Crippen LogP contribution in [0.15, 0.2) is 54.6 Å². The number of rotatable bonds is 6. The summed E-state index contributed by atoms with van der Waals surface area (Å²) in [6, 6.07) is 18.2. The molecule has 7 heteroatoms. The summed E-state index contributed by atoms with van der Waals surface area (Å²) < 4.78 is 0. The van der Waals surface area contributed by atoms with E-state index in [1.165, 1.54) is 5.56 Å². The van der Waals surface area contributed by atoms with Gasteiger partial charge >= 0.3 is 0 Å². The van der Waals surface area contributed by atoms with Crippen LogP contribution in [0.5, 0.6) is 0 Å². The molecule has 1 saturated heterocycles. The Hall–Kier alpha value is -4.15. The molecule has 5 rings (SSSR count). The first-order valence-electron chi connectivity index (χ1n) is 12.6. The Kier molecular flexibility index (Phi) is 6.93. The third kappa shape index (κ3) is 5.35. The lowest BCUT2D eigenvalue weighted by atomic mass is 10.0. The highest BCUT2D eigenvalue weighted by atomic mass is 16.2. The van der Waals surface area contributed by atoms with Crippen molar-refractivity contribution in [3.8, 4) is 12.3 Å². The number of nitrogens with one attached hydrogen (secondary N) is 1. The van der Waals surface area contributed by atoms with Crippen molar-refractivity contribution in [2.45, 2.75) is 6.42 Å². The maximum Gasteiger partial charge on any atom is 0.253 e. The Morgan fingerprint density at radius 1 is 1.00 bits per heavy atom. The van der Waals surface area contributed by atoms with Gasteiger partial charge in [-0.05, 0) is 60.1 Å². The van der Waals surface area contributed by atoms with Crippen LogP contribution in [0.25, 0.3) is 21.7 Å². The molecule has 1 aliphatic heterocycles. The molecular formula is C30H32N6O. The van der Waals surface area contributed by atoms with E-state index in [-0.39, 0.29) is 5.91 Å². The second kappa shape index (κ2) is 10.5. The fraction of sp³-hybridized carbons (Fsp3) is 0.300. The van der Waals surface area contributed by atoms with Crippen LogP contribution >= 0.6 is 0 Å². The van der Waals surface area contributed by atoms with Gasteiger partial charge in [0.2, 0.25) is 5.95 Å². The van der Waals surface area contributed by atoms with Crippen molar-refractivity contribution < 1.29 is 4.79 Å². The third-order valence-electron chi connectivity index (χ3n) is 6.90. The smallest absolute Gasteiger partial charge is 0.253 e. The summed E-state index contributed by atoms with van der Waals surface area (Å²) >= 11 is 0. The summed E-state index contributed by atoms with van der Waals surface area (Å²) in [5.74, 6) is 4.24. The molecule has 0 unspecified atom stereocenters. The molecule has 0 saturated carbocycles. The van der Waals surface area contributed by atoms with Crippen LogP contribution in [0.2, 0.25) is 0 Å². The van der Waals surface area contributed by atoms with Gasteiger partial charge in [0.1, 0.15) is 5.82 Å². The molecule has 1 aliphatic rings. The Morgan fingerprint density at radius 3 is 2.51 bits per heavy atom. The summed E-state index contributed by atoms with van der Waals surface area (Å²) in [6.07, 6.45) is 6.45. The average molecular weight is 493 g/mol. The third-order valence-corrected chi connectivity index (χ3v) is 6.90. The number of carbonyl (C=O) groups excluding carboxylic acids is 1. The number of piperazine rings is 1. The van der Waals surface area contributed by atoms with Gasteiger partial charge in [-0.3, -0.25) is 4.79 Å². The highest BCUT2D eigenvalue weighted by Crippen LogP contribution is 2.25. The summed E-state index contributed by atoms with van der Waals surface area (Å²) in [7, 11) is 5.96. The first-order valence-corrected chi connectivity index (χ1v) is 12.6. The van der Waals surface area contributed by atoms with Gasteiger partial charge < -0.3 is 20.0 Å². The van der Waals surface area contributed by atoms with E-state index >= 15 is 0 Å². The number of benzene rings is 3. The summed E-state index contributed by atoms with van der Waals surface area (Å²) in [5.41, 5.74) is 3.63. The molecule has 0 radical (unpaired) electrons. The van der Waals surface area contributed by atoms with E-state index in [0.29, 0.717) is 12.5 Å². The SMILES string of the molecule is C#Cc1ccc2nc(N(C)C)nc(NCCc3ccc4cc(C(=O)N5CCN(C)CC5)ccc4c3)c2c1. The minimum absolute atomic E-state index is 0.116. The number of hydrogen-bond donors (Lipinski definition) is 1. The van der Waals surface area contributed by atoms with Gasteiger partial charge in [0.15, 0.2) is 0 Å². The Bertz CT molecular complexity index is 1500. The highest BCUT2D eigenvalue weighted by Gasteiger charge is 2.20. The van der Waals surface area contributed by atoms with E-state index in [9.17, 15) is 4.79 Å². The standard InChI is InChI=1S/C30H32N6O/c1-5-21-7-11-27-26(19-21)28(33-30(32-27)34(2)3)31-13-12-22-6-8-24-20-25(10-9-23(24)18-22)29(37)36-16-14-35(4)15-17-36/h1,6-11,18-20H,12-17H2,2-4H3,(H,31,32,33). The molecule has 0 spiro atoms. The predicted molar refractivity (Wildman–Crippen MR) is 151 cm³/mol. The van der Waals surface area contributed by atoms with E-state index in [1.807, 2.05) is 54.2 Å². The quantitative estimate of drug-likeness (QED) is 0.412. The van der Waals surface area contributed by atoms with Crippen LogP contribution in [-0.4, -0.2) is 79.5 Å². The normalized spacial score (nSPS) is 14.1. The van der Waals surface area contributed by atoms with Gasteiger partial charge in [0, 0.05) is 63.3 Å². The number of hydrogen-bond acceptors (Lipinski definition) is 6. The molecule has 7 nitrogen and oxygen atoms in total. The topological polar surface area (TPSA) is 64.6 Å². The molecule has 3 aromatic carbocycles. The molecule has 1 aromatic heterocycles. The van der Waals surface area contributed by atoms with Crippen molar-refractivity contribution in [1.82, 2.24) is 19.8 Å². The molecule has 0 atom stereocenters. The fourth-order valence-corrected chi connectivity index (χ4v) is 4.64. The van der Waals surface area contributed by atoms with Gasteiger partial charge in [-0.2, -0.15) is 4.98 Å². The number of fused-ring (bicyclic) bond motifs is 2. The van der Waals surface area contributed by atoms with E-state index in [2.05, 4.69) is 52.4 Å². The highest BCUT2D eigenvalue weighted by molar-refractivity contribution is 5.98. The van der Waals surface area contributed by atoms with Gasteiger partial charge in [0.25, 0.3) is 5.91 Å². The molecule has 0 bridgehead atoms. The molecule has 4 aromatic rings. The second-order valence-corrected chi connectivity index (χ2v) is 9.81. The van der Waals surface area contributed by atoms with Crippen molar-refractivity contribution in [2.75, 3.05) is 64.1 Å². The Morgan fingerprint density at radius 2 is 1.76 bits per heavy atom. The molecule has 1 fully saturated rings. The second-order valence-electron chi connectivity index (χ2n) is 9.81. The largest absolute Gasteiger partial charge is 0.369 e. The van der Waals surface area contributed by atoms with Gasteiger partial charge in [-0.25, -0.2) is 4.98 Å². The van der Waals surface area contributed by atoms with Gasteiger partial charge in [-0.15, -0.1) is 6.42 Å². The van der Waals surface area contributed by atoms with Crippen LogP contribution in [0.4, 0.5) is 11.8 Å². The van der Waals surface area contributed by atoms with Crippen LogP contribution in [0.3, 0.4) is 0 Å². The van der Waals surface area contributed by atoms with Crippen LogP contribution in [0, 0.1) is 12.3 Å². The number of carbonyl (C=O) groups is 1. The molecule has 1 N–H and O–H groups in total. The molecule has 37 heavy (non-hydrogen) atoms. The maximum atomic E-state index is 13.0. The van der Waals surface area contributed by atoms with Crippen molar-refractivity contribution in [3.63, 3.8) is 0 Å². The number of terminal acetylenes is 1. The number of nitrogens with zero attached hydrogens (tertiary/aromatic N) is 5. The Labute approximate surface area is 218 Å². The van der Waals surface area contributed by atoms with E-state index in [0.717, 1.165) is 71.2 Å². The number of aromatic nitrogens is 2. The molecule has 188 valence electrons. The zero-order chi connectivity index (χ0) is 25.9. The first kappa shape index (κ1) is 24.5. The zero-order valence-corrected chi connectivity index (χ0v) is 21.7. The van der Waals surface area contributed by atoms with Crippen molar-refractivity contribution in [2.24, 2.45) is 0 Å². The van der Waals surface area contributed by atoms with Crippen molar-refractivity contribution >= 4 is 39.3 Å². The minimum atomic E-state index is 0.116. The van der Waals surface area contributed by atoms with Gasteiger partial charge in [0.05, 0.1) is 5.52 Å². The predicted octanol–water partition coefficient (Wildman–Crippen LogP) is 3.87.